The van der Waals surface area contributed by atoms with Crippen LogP contribution in [0.2, 0.25) is 0 Å². The van der Waals surface area contributed by atoms with Crippen LogP contribution < -0.4 is 10.7 Å². The summed E-state index contributed by atoms with van der Waals surface area (Å²) in [5.74, 6) is -0.389. The number of fused-ring (bicyclic) bond motifs is 2. The van der Waals surface area contributed by atoms with E-state index in [0.717, 1.165) is 16.3 Å². The van der Waals surface area contributed by atoms with E-state index in [4.69, 9.17) is 4.42 Å². The summed E-state index contributed by atoms with van der Waals surface area (Å²) in [6, 6.07) is 22.1. The smallest absolute Gasteiger partial charge is 0.287 e. The topological polar surface area (TPSA) is 59.3 Å². The third kappa shape index (κ3) is 2.90. The lowest BCUT2D eigenvalue weighted by Crippen LogP contribution is -2.24. The summed E-state index contributed by atoms with van der Waals surface area (Å²) in [5.41, 5.74) is 1.19. The molecule has 25 heavy (non-hydrogen) atoms. The Hall–Kier alpha value is -3.40. The molecule has 1 amide bonds. The molecule has 1 N–H and O–H groups in total. The average Bonchev–Trinajstić information content (AvgIpc) is 2.66. The van der Waals surface area contributed by atoms with E-state index in [1.165, 1.54) is 6.07 Å². The number of carbonyl (C=O) groups is 1. The van der Waals surface area contributed by atoms with Gasteiger partial charge in [-0.2, -0.15) is 0 Å². The van der Waals surface area contributed by atoms with Crippen molar-refractivity contribution in [1.29, 1.82) is 0 Å². The summed E-state index contributed by atoms with van der Waals surface area (Å²) in [6.07, 6.45) is 0. The fourth-order valence-corrected chi connectivity index (χ4v) is 2.93. The molecule has 0 unspecified atom stereocenters. The number of carbonyl (C=O) groups excluding carboxylic acids is 1. The van der Waals surface area contributed by atoms with Crippen molar-refractivity contribution in [2.75, 3.05) is 0 Å². The fraction of sp³-hybridized carbons (Fsp3) is 0.0476. The van der Waals surface area contributed by atoms with Gasteiger partial charge in [0.25, 0.3) is 5.91 Å². The number of para-hydroxylation sites is 1. The molecule has 0 saturated heterocycles. The van der Waals surface area contributed by atoms with Gasteiger partial charge in [0.15, 0.2) is 11.2 Å². The molecular formula is C21H15NO3. The molecule has 3 aromatic carbocycles. The van der Waals surface area contributed by atoms with Gasteiger partial charge < -0.3 is 9.73 Å². The van der Waals surface area contributed by atoms with Gasteiger partial charge in [-0.05, 0) is 28.5 Å². The zero-order chi connectivity index (χ0) is 17.2. The Morgan fingerprint density at radius 1 is 0.880 bits per heavy atom. The van der Waals surface area contributed by atoms with E-state index >= 15 is 0 Å². The molecular weight excluding hydrogens is 314 g/mol. The van der Waals surface area contributed by atoms with E-state index in [9.17, 15) is 9.59 Å². The number of nitrogens with one attached hydrogen (secondary N) is 1. The van der Waals surface area contributed by atoms with Gasteiger partial charge in [-0.3, -0.25) is 9.59 Å². The first kappa shape index (κ1) is 15.1. The molecule has 1 heterocycles. The van der Waals surface area contributed by atoms with Crippen molar-refractivity contribution in [2.45, 2.75) is 6.54 Å². The minimum atomic E-state index is -0.407. The van der Waals surface area contributed by atoms with Gasteiger partial charge in [-0.25, -0.2) is 0 Å². The van der Waals surface area contributed by atoms with E-state index in [1.54, 1.807) is 24.3 Å². The van der Waals surface area contributed by atoms with E-state index in [1.807, 2.05) is 42.5 Å². The molecule has 0 fully saturated rings. The largest absolute Gasteiger partial charge is 0.451 e. The molecule has 0 aliphatic carbocycles. The molecule has 0 spiro atoms. The third-order valence-corrected chi connectivity index (χ3v) is 4.18. The highest BCUT2D eigenvalue weighted by Gasteiger charge is 2.12. The lowest BCUT2D eigenvalue weighted by Gasteiger charge is -2.08. The van der Waals surface area contributed by atoms with Crippen LogP contribution in [0.5, 0.6) is 0 Å². The van der Waals surface area contributed by atoms with Gasteiger partial charge in [0.2, 0.25) is 0 Å². The number of hydrogen-bond donors (Lipinski definition) is 1. The second kappa shape index (κ2) is 6.24. The van der Waals surface area contributed by atoms with Gasteiger partial charge >= 0.3 is 0 Å². The predicted molar refractivity (Wildman–Crippen MR) is 97.6 cm³/mol. The Kier molecular flexibility index (Phi) is 3.78. The maximum atomic E-state index is 12.4. The first-order valence-corrected chi connectivity index (χ1v) is 8.00. The van der Waals surface area contributed by atoms with Crippen molar-refractivity contribution in [3.8, 4) is 0 Å². The summed E-state index contributed by atoms with van der Waals surface area (Å²) in [7, 11) is 0. The Labute approximate surface area is 143 Å². The van der Waals surface area contributed by atoms with Crippen molar-refractivity contribution >= 4 is 27.6 Å². The lowest BCUT2D eigenvalue weighted by molar-refractivity contribution is 0.0924. The second-order valence-corrected chi connectivity index (χ2v) is 5.79. The van der Waals surface area contributed by atoms with Crippen LogP contribution in [0, 0.1) is 0 Å². The quantitative estimate of drug-likeness (QED) is 0.620. The first-order chi connectivity index (χ1) is 12.2. The van der Waals surface area contributed by atoms with Gasteiger partial charge in [-0.15, -0.1) is 0 Å². The van der Waals surface area contributed by atoms with Crippen molar-refractivity contribution in [2.24, 2.45) is 0 Å². The van der Waals surface area contributed by atoms with E-state index in [-0.39, 0.29) is 11.2 Å². The van der Waals surface area contributed by atoms with Crippen molar-refractivity contribution in [3.05, 3.63) is 94.3 Å². The molecule has 1 aromatic heterocycles. The zero-order valence-corrected chi connectivity index (χ0v) is 13.4. The van der Waals surface area contributed by atoms with E-state index in [0.29, 0.717) is 17.5 Å². The molecule has 4 rings (SSSR count). The second-order valence-electron chi connectivity index (χ2n) is 5.79. The summed E-state index contributed by atoms with van der Waals surface area (Å²) >= 11 is 0. The van der Waals surface area contributed by atoms with Crippen LogP contribution >= 0.6 is 0 Å². The van der Waals surface area contributed by atoms with Gasteiger partial charge in [0.1, 0.15) is 5.58 Å². The molecule has 0 bridgehead atoms. The highest BCUT2D eigenvalue weighted by atomic mass is 16.3. The van der Waals surface area contributed by atoms with Gasteiger partial charge in [0.05, 0.1) is 5.39 Å². The Bertz CT molecular complexity index is 1140. The predicted octanol–water partition coefficient (Wildman–Crippen LogP) is 3.88. The summed E-state index contributed by atoms with van der Waals surface area (Å²) in [5, 5.41) is 5.50. The number of rotatable bonds is 3. The standard InChI is InChI=1S/C21H15NO3/c23-18-12-20(25-19-11-4-3-10-17(18)19)21(24)22-13-15-8-5-7-14-6-1-2-9-16(14)15/h1-12H,13H2,(H,22,24). The number of amides is 1. The first-order valence-electron chi connectivity index (χ1n) is 8.00. The number of benzene rings is 3. The Morgan fingerprint density at radius 2 is 1.60 bits per heavy atom. The van der Waals surface area contributed by atoms with Crippen molar-refractivity contribution < 1.29 is 9.21 Å². The van der Waals surface area contributed by atoms with Crippen LogP contribution in [0.1, 0.15) is 16.1 Å². The highest BCUT2D eigenvalue weighted by Crippen LogP contribution is 2.18. The molecule has 0 aliphatic rings. The molecule has 4 nitrogen and oxygen atoms in total. The van der Waals surface area contributed by atoms with Crippen LogP contribution in [0.15, 0.2) is 82.0 Å². The summed E-state index contributed by atoms with van der Waals surface area (Å²) < 4.78 is 5.57. The minimum Gasteiger partial charge on any atom is -0.451 e. The minimum absolute atomic E-state index is 0.0175. The van der Waals surface area contributed by atoms with Crippen molar-refractivity contribution in [1.82, 2.24) is 5.32 Å². The zero-order valence-electron chi connectivity index (χ0n) is 13.4. The molecule has 0 atom stereocenters. The van der Waals surface area contributed by atoms with E-state index in [2.05, 4.69) is 5.32 Å². The van der Waals surface area contributed by atoms with Gasteiger partial charge in [0, 0.05) is 12.6 Å². The fourth-order valence-electron chi connectivity index (χ4n) is 2.93. The monoisotopic (exact) mass is 329 g/mol. The lowest BCUT2D eigenvalue weighted by atomic mass is 10.0. The summed E-state index contributed by atoms with van der Waals surface area (Å²) in [6.45, 7) is 0.358. The van der Waals surface area contributed by atoms with E-state index < -0.39 is 5.91 Å². The molecule has 122 valence electrons. The molecule has 0 radical (unpaired) electrons. The maximum Gasteiger partial charge on any atom is 0.287 e. The SMILES string of the molecule is O=C(NCc1cccc2ccccc12)c1cc(=O)c2ccccc2o1. The maximum absolute atomic E-state index is 12.4. The van der Waals surface area contributed by atoms with Crippen LogP contribution in [0.25, 0.3) is 21.7 Å². The molecule has 4 heteroatoms. The highest BCUT2D eigenvalue weighted by molar-refractivity contribution is 5.93. The normalized spacial score (nSPS) is 10.9. The molecule has 0 saturated carbocycles. The average molecular weight is 329 g/mol. The summed E-state index contributed by atoms with van der Waals surface area (Å²) in [4.78, 5) is 24.5. The number of hydrogen-bond acceptors (Lipinski definition) is 3. The third-order valence-electron chi connectivity index (χ3n) is 4.18. The Balaban J connectivity index is 1.61. The van der Waals surface area contributed by atoms with Crippen LogP contribution in [-0.2, 0) is 6.54 Å². The van der Waals surface area contributed by atoms with Gasteiger partial charge in [-0.1, -0.05) is 54.6 Å². The molecule has 4 aromatic rings. The van der Waals surface area contributed by atoms with Crippen LogP contribution in [0.3, 0.4) is 0 Å². The van der Waals surface area contributed by atoms with Crippen LogP contribution in [-0.4, -0.2) is 5.91 Å². The molecule has 0 aliphatic heterocycles. The van der Waals surface area contributed by atoms with Crippen LogP contribution in [0.4, 0.5) is 0 Å². The Morgan fingerprint density at radius 3 is 2.48 bits per heavy atom. The van der Waals surface area contributed by atoms with Crippen molar-refractivity contribution in [3.63, 3.8) is 0 Å².